The van der Waals surface area contributed by atoms with E-state index in [0.29, 0.717) is 18.1 Å². The van der Waals surface area contributed by atoms with E-state index in [1.165, 1.54) is 34.1 Å². The van der Waals surface area contributed by atoms with Gasteiger partial charge in [0.15, 0.2) is 10.2 Å². The van der Waals surface area contributed by atoms with Gasteiger partial charge in [-0.1, -0.05) is 24.4 Å². The fourth-order valence-electron chi connectivity index (χ4n) is 2.47. The molecule has 0 bridgehead atoms. The minimum atomic E-state index is -0.673. The number of anilines is 1. The van der Waals surface area contributed by atoms with Crippen molar-refractivity contribution in [2.24, 2.45) is 0 Å². The molecule has 7 nitrogen and oxygen atoms in total. The lowest BCUT2D eigenvalue weighted by molar-refractivity contribution is -0.122. The molecule has 130 valence electrons. The van der Waals surface area contributed by atoms with Crippen molar-refractivity contribution >= 4 is 45.3 Å². The highest BCUT2D eigenvalue weighted by Gasteiger charge is 2.42. The van der Waals surface area contributed by atoms with Gasteiger partial charge in [0.05, 0.1) is 0 Å². The molecule has 0 radical (unpaired) electrons. The zero-order valence-corrected chi connectivity index (χ0v) is 15.1. The summed E-state index contributed by atoms with van der Waals surface area (Å²) in [5.74, 6) is -0.243. The Morgan fingerprint density at radius 2 is 2.33 bits per heavy atom. The molecular weight excluding hydrogens is 350 g/mol. The zero-order valence-electron chi connectivity index (χ0n) is 13.5. The smallest absolute Gasteiger partial charge is 0.410 e. The van der Waals surface area contributed by atoms with Crippen molar-refractivity contribution < 1.29 is 19.1 Å². The normalized spacial score (nSPS) is 19.8. The average molecular weight is 369 g/mol. The molecule has 0 N–H and O–H groups in total. The second kappa shape index (κ2) is 8.29. The van der Waals surface area contributed by atoms with Gasteiger partial charge in [-0.15, -0.1) is 11.3 Å². The molecule has 0 aromatic carbocycles. The lowest BCUT2D eigenvalue weighted by Gasteiger charge is -2.26. The Kier molecular flexibility index (Phi) is 6.38. The van der Waals surface area contributed by atoms with Crippen molar-refractivity contribution in [3.63, 3.8) is 0 Å². The lowest BCUT2D eigenvalue weighted by Crippen LogP contribution is -2.47. The van der Waals surface area contributed by atoms with E-state index in [-0.39, 0.29) is 22.9 Å². The van der Waals surface area contributed by atoms with Crippen LogP contribution in [0.5, 0.6) is 0 Å². The number of likely N-dealkylation sites (N-methyl/N-ethyl adjacent to an activating group) is 1. The van der Waals surface area contributed by atoms with Crippen LogP contribution in [0.1, 0.15) is 13.3 Å². The van der Waals surface area contributed by atoms with Crippen molar-refractivity contribution in [2.75, 3.05) is 25.1 Å². The molecule has 1 saturated heterocycles. The number of hydrogen-bond acceptors (Lipinski definition) is 7. The first-order valence-electron chi connectivity index (χ1n) is 7.32. The van der Waals surface area contributed by atoms with Gasteiger partial charge in [-0.3, -0.25) is 19.4 Å². The molecule has 2 atom stereocenters. The molecule has 2 amide bonds. The summed E-state index contributed by atoms with van der Waals surface area (Å²) in [6.45, 7) is 5.34. The number of rotatable bonds is 5. The van der Waals surface area contributed by atoms with Gasteiger partial charge in [0.2, 0.25) is 0 Å². The summed E-state index contributed by atoms with van der Waals surface area (Å²) in [6.07, 6.45) is 2.91. The molecule has 1 aromatic heterocycles. The van der Waals surface area contributed by atoms with Gasteiger partial charge in [0, 0.05) is 37.3 Å². The fraction of sp³-hybridized carbons (Fsp3) is 0.467. The van der Waals surface area contributed by atoms with Gasteiger partial charge in [-0.2, -0.15) is 0 Å². The standard InChI is InChI=1S/C15H19N3O4S2/c1-4-6-22-15(21)18-9-11(24-10(2)19)8-12(18)13(20)17(3)14-16-5-7-23-14/h4-5,7,11-12H,1,6,8-9H2,2-3H3/t11-,12-/m0/s1. The van der Waals surface area contributed by atoms with E-state index < -0.39 is 12.1 Å². The fourth-order valence-corrected chi connectivity index (χ4v) is 4.06. The van der Waals surface area contributed by atoms with Crippen LogP contribution in [-0.2, 0) is 14.3 Å². The molecule has 0 aliphatic carbocycles. The SMILES string of the molecule is C=CCOC(=O)N1C[C@@H](SC(C)=O)C[C@H]1C(=O)N(C)c1nccs1. The minimum absolute atomic E-state index is 0.0409. The Morgan fingerprint density at radius 1 is 1.58 bits per heavy atom. The number of carbonyl (C=O) groups is 3. The molecule has 2 heterocycles. The first-order chi connectivity index (χ1) is 11.4. The van der Waals surface area contributed by atoms with Crippen LogP contribution < -0.4 is 4.90 Å². The number of carbonyl (C=O) groups excluding carboxylic acids is 3. The molecule has 1 aliphatic heterocycles. The molecule has 1 aromatic rings. The van der Waals surface area contributed by atoms with E-state index in [1.807, 2.05) is 0 Å². The summed E-state index contributed by atoms with van der Waals surface area (Å²) in [5, 5.41) is 2.17. The van der Waals surface area contributed by atoms with Crippen molar-refractivity contribution in [2.45, 2.75) is 24.6 Å². The third kappa shape index (κ3) is 4.35. The molecule has 2 rings (SSSR count). The van der Waals surface area contributed by atoms with Crippen LogP contribution in [0.15, 0.2) is 24.2 Å². The molecule has 24 heavy (non-hydrogen) atoms. The van der Waals surface area contributed by atoms with Crippen LogP contribution in [0.3, 0.4) is 0 Å². The number of nitrogens with zero attached hydrogens (tertiary/aromatic N) is 3. The van der Waals surface area contributed by atoms with Crippen LogP contribution in [-0.4, -0.2) is 58.5 Å². The van der Waals surface area contributed by atoms with Gasteiger partial charge in [0.25, 0.3) is 5.91 Å². The summed E-state index contributed by atoms with van der Waals surface area (Å²) >= 11 is 2.48. The predicted octanol–water partition coefficient (Wildman–Crippen LogP) is 2.15. The van der Waals surface area contributed by atoms with Crippen molar-refractivity contribution in [3.8, 4) is 0 Å². The molecule has 1 aliphatic rings. The van der Waals surface area contributed by atoms with Crippen LogP contribution >= 0.6 is 23.1 Å². The summed E-state index contributed by atoms with van der Waals surface area (Å²) in [4.78, 5) is 43.3. The Bertz CT molecular complexity index is 620. The number of amides is 2. The maximum absolute atomic E-state index is 12.8. The molecule has 0 saturated carbocycles. The van der Waals surface area contributed by atoms with E-state index in [9.17, 15) is 14.4 Å². The maximum Gasteiger partial charge on any atom is 0.410 e. The highest BCUT2D eigenvalue weighted by Crippen LogP contribution is 2.30. The number of likely N-dealkylation sites (tertiary alicyclic amines) is 1. The maximum atomic E-state index is 12.8. The lowest BCUT2D eigenvalue weighted by atomic mass is 10.2. The van der Waals surface area contributed by atoms with Crippen molar-refractivity contribution in [3.05, 3.63) is 24.2 Å². The number of aromatic nitrogens is 1. The monoisotopic (exact) mass is 369 g/mol. The first kappa shape index (κ1) is 18.5. The second-order valence-electron chi connectivity index (χ2n) is 5.21. The molecule has 0 unspecified atom stereocenters. The van der Waals surface area contributed by atoms with E-state index in [1.54, 1.807) is 18.6 Å². The third-order valence-electron chi connectivity index (χ3n) is 3.48. The third-order valence-corrected chi connectivity index (χ3v) is 5.33. The van der Waals surface area contributed by atoms with Gasteiger partial charge in [-0.05, 0) is 6.42 Å². The molecule has 1 fully saturated rings. The topological polar surface area (TPSA) is 79.8 Å². The summed E-state index contributed by atoms with van der Waals surface area (Å²) in [6, 6.07) is -0.673. The number of thioether (sulfide) groups is 1. The zero-order chi connectivity index (χ0) is 17.7. The molecular formula is C15H19N3O4S2. The van der Waals surface area contributed by atoms with E-state index in [4.69, 9.17) is 4.74 Å². The highest BCUT2D eigenvalue weighted by molar-refractivity contribution is 8.14. The van der Waals surface area contributed by atoms with E-state index in [0.717, 1.165) is 11.8 Å². The van der Waals surface area contributed by atoms with E-state index in [2.05, 4.69) is 11.6 Å². The summed E-state index contributed by atoms with van der Waals surface area (Å²) < 4.78 is 5.07. The van der Waals surface area contributed by atoms with Crippen LogP contribution in [0.25, 0.3) is 0 Å². The molecule has 9 heteroatoms. The number of ether oxygens (including phenoxy) is 1. The van der Waals surface area contributed by atoms with Gasteiger partial charge in [-0.25, -0.2) is 9.78 Å². The first-order valence-corrected chi connectivity index (χ1v) is 9.08. The van der Waals surface area contributed by atoms with Crippen LogP contribution in [0, 0.1) is 0 Å². The summed E-state index contributed by atoms with van der Waals surface area (Å²) in [7, 11) is 1.62. The van der Waals surface area contributed by atoms with Gasteiger partial charge < -0.3 is 4.74 Å². The average Bonchev–Trinajstić information content (AvgIpc) is 3.20. The Labute approximate surface area is 148 Å². The van der Waals surface area contributed by atoms with Crippen molar-refractivity contribution in [1.29, 1.82) is 0 Å². The number of thiazole rings is 1. The van der Waals surface area contributed by atoms with Crippen LogP contribution in [0.2, 0.25) is 0 Å². The molecule has 0 spiro atoms. The predicted molar refractivity (Wildman–Crippen MR) is 94.2 cm³/mol. The Hall–Kier alpha value is -1.87. The van der Waals surface area contributed by atoms with Gasteiger partial charge >= 0.3 is 6.09 Å². The minimum Gasteiger partial charge on any atom is -0.445 e. The Balaban J connectivity index is 2.15. The van der Waals surface area contributed by atoms with E-state index >= 15 is 0 Å². The number of hydrogen-bond donors (Lipinski definition) is 0. The van der Waals surface area contributed by atoms with Gasteiger partial charge in [0.1, 0.15) is 12.6 Å². The highest BCUT2D eigenvalue weighted by atomic mass is 32.2. The second-order valence-corrected chi connectivity index (χ2v) is 7.56. The summed E-state index contributed by atoms with van der Waals surface area (Å²) in [5.41, 5.74) is 0. The van der Waals surface area contributed by atoms with Crippen LogP contribution in [0.4, 0.5) is 9.93 Å². The van der Waals surface area contributed by atoms with Crippen molar-refractivity contribution in [1.82, 2.24) is 9.88 Å². The Morgan fingerprint density at radius 3 is 2.92 bits per heavy atom. The largest absolute Gasteiger partial charge is 0.445 e. The quantitative estimate of drug-likeness (QED) is 0.740.